The molecule has 1 saturated heterocycles. The highest BCUT2D eigenvalue weighted by molar-refractivity contribution is 5.95. The number of nitrogens with zero attached hydrogens (tertiary/aromatic N) is 2. The maximum atomic E-state index is 14.8. The van der Waals surface area contributed by atoms with Gasteiger partial charge in [0.05, 0.1) is 0 Å². The third kappa shape index (κ3) is 4.60. The molecule has 4 nitrogen and oxygen atoms in total. The van der Waals surface area contributed by atoms with Gasteiger partial charge < -0.3 is 9.80 Å². The van der Waals surface area contributed by atoms with E-state index in [9.17, 15) is 14.0 Å². The van der Waals surface area contributed by atoms with Crippen molar-refractivity contribution in [2.75, 3.05) is 13.1 Å². The Labute approximate surface area is 179 Å². The molecule has 1 aromatic rings. The second kappa shape index (κ2) is 9.76. The van der Waals surface area contributed by atoms with Crippen LogP contribution in [0.25, 0.3) is 0 Å². The second-order valence-corrected chi connectivity index (χ2v) is 8.98. The Balaban J connectivity index is 1.60. The van der Waals surface area contributed by atoms with Crippen molar-refractivity contribution in [1.82, 2.24) is 9.80 Å². The van der Waals surface area contributed by atoms with Crippen molar-refractivity contribution in [2.45, 2.75) is 82.7 Å². The molecule has 0 spiro atoms. The molecule has 30 heavy (non-hydrogen) atoms. The summed E-state index contributed by atoms with van der Waals surface area (Å²) >= 11 is 0. The lowest BCUT2D eigenvalue weighted by Crippen LogP contribution is -2.58. The van der Waals surface area contributed by atoms with E-state index in [2.05, 4.69) is 6.08 Å². The minimum atomic E-state index is -0.847. The number of allylic oxidation sites excluding steroid dienone is 1. The topological polar surface area (TPSA) is 40.6 Å². The summed E-state index contributed by atoms with van der Waals surface area (Å²) in [6.07, 6.45) is 14.0. The van der Waals surface area contributed by atoms with Crippen LogP contribution in [0.4, 0.5) is 4.39 Å². The van der Waals surface area contributed by atoms with Gasteiger partial charge in [-0.2, -0.15) is 0 Å². The van der Waals surface area contributed by atoms with Gasteiger partial charge in [-0.3, -0.25) is 9.59 Å². The molecule has 0 radical (unpaired) electrons. The molecule has 0 N–H and O–H groups in total. The molecule has 4 rings (SSSR count). The molecule has 0 aromatic heterocycles. The first kappa shape index (κ1) is 21.1. The van der Waals surface area contributed by atoms with E-state index in [-0.39, 0.29) is 24.4 Å². The number of hydrogen-bond acceptors (Lipinski definition) is 2. The average molecular weight is 413 g/mol. The molecule has 2 amide bonds. The van der Waals surface area contributed by atoms with Crippen molar-refractivity contribution >= 4 is 11.8 Å². The second-order valence-electron chi connectivity index (χ2n) is 8.98. The zero-order chi connectivity index (χ0) is 20.9. The van der Waals surface area contributed by atoms with Crippen molar-refractivity contribution < 1.29 is 14.0 Å². The summed E-state index contributed by atoms with van der Waals surface area (Å²) in [6, 6.07) is 5.69. The highest BCUT2D eigenvalue weighted by Gasteiger charge is 2.43. The van der Waals surface area contributed by atoms with Gasteiger partial charge in [-0.05, 0) is 51.0 Å². The molecule has 2 aliphatic carbocycles. The first-order valence-electron chi connectivity index (χ1n) is 11.7. The normalized spacial score (nSPS) is 24.0. The highest BCUT2D eigenvalue weighted by Crippen LogP contribution is 2.34. The van der Waals surface area contributed by atoms with Crippen LogP contribution in [0.5, 0.6) is 0 Å². The lowest BCUT2D eigenvalue weighted by Gasteiger charge is -2.43. The maximum Gasteiger partial charge on any atom is 0.250 e. The lowest BCUT2D eigenvalue weighted by molar-refractivity contribution is -0.159. The van der Waals surface area contributed by atoms with Gasteiger partial charge in [-0.15, -0.1) is 0 Å². The molecular weight excluding hydrogens is 379 g/mol. The maximum absolute atomic E-state index is 14.8. The smallest absolute Gasteiger partial charge is 0.250 e. The van der Waals surface area contributed by atoms with Gasteiger partial charge in [-0.25, -0.2) is 4.39 Å². The van der Waals surface area contributed by atoms with Crippen LogP contribution in [-0.4, -0.2) is 40.7 Å². The SMILES string of the molecule is O=C1[C@H](c2ccccc2F)N(CCC2=CCCCC2)C(=O)CN1C1CCCCCC1. The number of rotatable bonds is 5. The minimum Gasteiger partial charge on any atom is -0.328 e. The predicted molar refractivity (Wildman–Crippen MR) is 115 cm³/mol. The van der Waals surface area contributed by atoms with Crippen LogP contribution in [0, 0.1) is 5.82 Å². The number of piperazine rings is 1. The average Bonchev–Trinajstić information content (AvgIpc) is 3.05. The largest absolute Gasteiger partial charge is 0.328 e. The summed E-state index contributed by atoms with van der Waals surface area (Å²) in [5, 5.41) is 0. The number of carbonyl (C=O) groups excluding carboxylic acids is 2. The Morgan fingerprint density at radius 1 is 0.967 bits per heavy atom. The van der Waals surface area contributed by atoms with Crippen LogP contribution in [-0.2, 0) is 9.59 Å². The Hall–Kier alpha value is -2.17. The number of halogens is 1. The van der Waals surface area contributed by atoms with Gasteiger partial charge >= 0.3 is 0 Å². The van der Waals surface area contributed by atoms with E-state index >= 15 is 0 Å². The van der Waals surface area contributed by atoms with Gasteiger partial charge in [0.1, 0.15) is 18.4 Å². The summed E-state index contributed by atoms with van der Waals surface area (Å²) in [7, 11) is 0. The summed E-state index contributed by atoms with van der Waals surface area (Å²) < 4.78 is 14.8. The predicted octanol–water partition coefficient (Wildman–Crippen LogP) is 5.15. The van der Waals surface area contributed by atoms with Gasteiger partial charge in [0.15, 0.2) is 0 Å². The van der Waals surface area contributed by atoms with Crippen molar-refractivity contribution in [3.05, 3.63) is 47.3 Å². The molecule has 1 heterocycles. The fourth-order valence-corrected chi connectivity index (χ4v) is 5.27. The van der Waals surface area contributed by atoms with Crippen LogP contribution in [0.15, 0.2) is 35.9 Å². The quantitative estimate of drug-likeness (QED) is 0.496. The third-order valence-electron chi connectivity index (χ3n) is 6.98. The molecule has 0 unspecified atom stereocenters. The number of carbonyl (C=O) groups is 2. The Bertz CT molecular complexity index is 798. The zero-order valence-corrected chi connectivity index (χ0v) is 17.8. The molecular formula is C25H33FN2O2. The van der Waals surface area contributed by atoms with E-state index in [0.29, 0.717) is 12.1 Å². The zero-order valence-electron chi connectivity index (χ0n) is 17.8. The standard InChI is InChI=1S/C25H33FN2O2/c26-22-15-9-8-14-21(22)24-25(30)28(20-12-6-1-2-7-13-20)18-23(29)27(24)17-16-19-10-4-3-5-11-19/h8-10,14-15,20,24H,1-7,11-13,16-18H2/t24-/m0/s1. The van der Waals surface area contributed by atoms with Gasteiger partial charge in [0.2, 0.25) is 5.91 Å². The molecule has 1 aromatic carbocycles. The monoisotopic (exact) mass is 412 g/mol. The first-order chi connectivity index (χ1) is 14.6. The number of hydrogen-bond donors (Lipinski definition) is 0. The van der Waals surface area contributed by atoms with Crippen LogP contribution in [0.2, 0.25) is 0 Å². The molecule has 1 atom stereocenters. The van der Waals surface area contributed by atoms with Crippen LogP contribution in [0.1, 0.15) is 82.2 Å². The van der Waals surface area contributed by atoms with E-state index < -0.39 is 11.9 Å². The summed E-state index contributed by atoms with van der Waals surface area (Å²) in [5.41, 5.74) is 1.69. The fraction of sp³-hybridized carbons (Fsp3) is 0.600. The van der Waals surface area contributed by atoms with Crippen LogP contribution >= 0.6 is 0 Å². The first-order valence-corrected chi connectivity index (χ1v) is 11.7. The van der Waals surface area contributed by atoms with E-state index in [4.69, 9.17) is 0 Å². The Morgan fingerprint density at radius 3 is 2.43 bits per heavy atom. The molecule has 0 bridgehead atoms. The lowest BCUT2D eigenvalue weighted by atomic mass is 9.94. The molecule has 162 valence electrons. The van der Waals surface area contributed by atoms with E-state index in [1.807, 2.05) is 0 Å². The third-order valence-corrected chi connectivity index (χ3v) is 6.98. The Morgan fingerprint density at radius 2 is 1.73 bits per heavy atom. The number of benzene rings is 1. The van der Waals surface area contributed by atoms with Crippen LogP contribution in [0.3, 0.4) is 0 Å². The fourth-order valence-electron chi connectivity index (χ4n) is 5.27. The van der Waals surface area contributed by atoms with E-state index in [1.54, 1.807) is 28.0 Å². The summed E-state index contributed by atoms with van der Waals surface area (Å²) in [4.78, 5) is 30.3. The van der Waals surface area contributed by atoms with Crippen molar-refractivity contribution in [3.63, 3.8) is 0 Å². The highest BCUT2D eigenvalue weighted by atomic mass is 19.1. The molecule has 3 aliphatic rings. The van der Waals surface area contributed by atoms with Crippen LogP contribution < -0.4 is 0 Å². The summed E-state index contributed by atoms with van der Waals surface area (Å²) in [5.74, 6) is -0.569. The molecule has 2 fully saturated rings. The Kier molecular flexibility index (Phi) is 6.86. The van der Waals surface area contributed by atoms with Gasteiger partial charge in [0, 0.05) is 18.2 Å². The molecule has 1 saturated carbocycles. The van der Waals surface area contributed by atoms with Gasteiger partial charge in [-0.1, -0.05) is 55.5 Å². The minimum absolute atomic E-state index is 0.0523. The number of amides is 2. The van der Waals surface area contributed by atoms with Crippen molar-refractivity contribution in [1.29, 1.82) is 0 Å². The van der Waals surface area contributed by atoms with Crippen molar-refractivity contribution in [2.24, 2.45) is 0 Å². The molecule has 1 aliphatic heterocycles. The van der Waals surface area contributed by atoms with Gasteiger partial charge in [0.25, 0.3) is 5.91 Å². The van der Waals surface area contributed by atoms with E-state index in [0.717, 1.165) is 44.9 Å². The molecule has 5 heteroatoms. The van der Waals surface area contributed by atoms with E-state index in [1.165, 1.54) is 37.3 Å². The van der Waals surface area contributed by atoms with Crippen molar-refractivity contribution in [3.8, 4) is 0 Å². The summed E-state index contributed by atoms with van der Waals surface area (Å²) in [6.45, 7) is 0.613.